The Hall–Kier alpha value is -6.18. The lowest BCUT2D eigenvalue weighted by Crippen LogP contribution is -2.58. The molecule has 4 heterocycles. The number of imidazole rings is 2. The van der Waals surface area contributed by atoms with Gasteiger partial charge >= 0.3 is 12.2 Å². The number of likely N-dealkylation sites (tertiary alicyclic amines) is 2. The first-order valence-electron chi connectivity index (χ1n) is 18.5. The normalized spacial score (nSPS) is 18.1. The smallest absolute Gasteiger partial charge is 0.407 e. The van der Waals surface area contributed by atoms with Crippen LogP contribution in [-0.4, -0.2) is 115 Å². The number of benzene rings is 2. The fourth-order valence-electron chi connectivity index (χ4n) is 7.15. The van der Waals surface area contributed by atoms with Gasteiger partial charge in [-0.1, -0.05) is 36.1 Å². The van der Waals surface area contributed by atoms with E-state index in [1.54, 1.807) is 16.0 Å². The van der Waals surface area contributed by atoms with Crippen LogP contribution in [0.1, 0.15) is 81.8 Å². The number of nitrogens with one attached hydrogen (secondary N) is 4. The van der Waals surface area contributed by atoms with Crippen LogP contribution in [-0.2, 0) is 19.1 Å². The first-order chi connectivity index (χ1) is 27.0. The summed E-state index contributed by atoms with van der Waals surface area (Å²) in [5.74, 6) is 6.66. The molecule has 6 rings (SSSR count). The molecule has 2 aliphatic heterocycles. The van der Waals surface area contributed by atoms with Crippen LogP contribution in [0.15, 0.2) is 60.8 Å². The van der Waals surface area contributed by atoms with Crippen molar-refractivity contribution in [3.05, 3.63) is 83.6 Å². The number of hydrogen-bond acceptors (Lipinski definition) is 10. The molecule has 0 unspecified atom stereocenters. The Labute approximate surface area is 330 Å². The van der Waals surface area contributed by atoms with Crippen molar-refractivity contribution in [2.75, 3.05) is 27.3 Å². The van der Waals surface area contributed by atoms with Crippen molar-refractivity contribution in [2.45, 2.75) is 82.3 Å². The average molecular weight is 781 g/mol. The van der Waals surface area contributed by atoms with Crippen molar-refractivity contribution in [1.29, 1.82) is 0 Å². The van der Waals surface area contributed by atoms with Gasteiger partial charge in [-0.05, 0) is 82.9 Å². The molecule has 0 aliphatic carbocycles. The molecule has 4 aromatic rings. The molecule has 0 spiro atoms. The van der Waals surface area contributed by atoms with Crippen molar-refractivity contribution < 1.29 is 38.9 Å². The number of ether oxygens (including phenoxy) is 2. The van der Waals surface area contributed by atoms with Crippen LogP contribution >= 0.6 is 0 Å². The summed E-state index contributed by atoms with van der Waals surface area (Å²) >= 11 is 0. The predicted octanol–water partition coefficient (Wildman–Crippen LogP) is 3.84. The molecule has 2 saturated heterocycles. The van der Waals surface area contributed by atoms with Crippen LogP contribution in [0, 0.1) is 11.8 Å². The lowest BCUT2D eigenvalue weighted by molar-refractivity contribution is -0.141. The molecule has 2 fully saturated rings. The number of alkyl carbamates (subject to hydrolysis) is 2. The molecule has 300 valence electrons. The van der Waals surface area contributed by atoms with Gasteiger partial charge in [-0.2, -0.15) is 0 Å². The number of carbonyl (C=O) groups excluding carboxylic acids is 4. The van der Waals surface area contributed by atoms with Crippen molar-refractivity contribution in [3.8, 4) is 23.1 Å². The summed E-state index contributed by atoms with van der Waals surface area (Å²) in [5, 5.41) is 26.3. The Balaban J connectivity index is 1.14. The summed E-state index contributed by atoms with van der Waals surface area (Å²) in [7, 11) is 2.39. The molecular weight excluding hydrogens is 732 g/mol. The number of aromatic amines is 2. The van der Waals surface area contributed by atoms with Gasteiger partial charge in [0.2, 0.25) is 11.8 Å². The molecule has 2 aromatic heterocycles. The van der Waals surface area contributed by atoms with E-state index in [2.05, 4.69) is 53.5 Å². The first-order valence-corrected chi connectivity index (χ1v) is 18.5. The van der Waals surface area contributed by atoms with E-state index < -0.39 is 53.3 Å². The van der Waals surface area contributed by atoms with Gasteiger partial charge in [0, 0.05) is 24.2 Å². The number of rotatable bonds is 9. The summed E-state index contributed by atoms with van der Waals surface area (Å²) in [6, 6.07) is 9.99. The zero-order valence-corrected chi connectivity index (χ0v) is 32.8. The molecule has 4 atom stereocenters. The largest absolute Gasteiger partial charge is 0.453 e. The lowest BCUT2D eigenvalue weighted by Gasteiger charge is -2.34. The molecule has 16 nitrogen and oxygen atoms in total. The minimum Gasteiger partial charge on any atom is -0.453 e. The first kappa shape index (κ1) is 40.5. The third-order valence-corrected chi connectivity index (χ3v) is 10.1. The minimum absolute atomic E-state index is 0.249. The highest BCUT2D eigenvalue weighted by Crippen LogP contribution is 2.36. The van der Waals surface area contributed by atoms with E-state index in [9.17, 15) is 29.4 Å². The zero-order valence-electron chi connectivity index (χ0n) is 32.8. The van der Waals surface area contributed by atoms with E-state index in [0.29, 0.717) is 36.6 Å². The van der Waals surface area contributed by atoms with Gasteiger partial charge in [-0.15, -0.1) is 0 Å². The average Bonchev–Trinajstić information content (AvgIpc) is 3.99. The van der Waals surface area contributed by atoms with Gasteiger partial charge in [0.1, 0.15) is 23.7 Å². The Morgan fingerprint density at radius 1 is 0.860 bits per heavy atom. The lowest BCUT2D eigenvalue weighted by atomic mass is 9.97. The highest BCUT2D eigenvalue weighted by atomic mass is 16.5. The van der Waals surface area contributed by atoms with E-state index in [1.165, 1.54) is 41.9 Å². The maximum atomic E-state index is 13.6. The summed E-state index contributed by atoms with van der Waals surface area (Å²) in [5.41, 5.74) is 2.33. The quantitative estimate of drug-likeness (QED) is 0.107. The van der Waals surface area contributed by atoms with Crippen LogP contribution in [0.2, 0.25) is 0 Å². The number of nitrogens with zero attached hydrogens (tertiary/aromatic N) is 4. The van der Waals surface area contributed by atoms with Gasteiger partial charge in [-0.25, -0.2) is 19.6 Å². The van der Waals surface area contributed by atoms with E-state index in [1.807, 2.05) is 42.5 Å². The van der Waals surface area contributed by atoms with E-state index >= 15 is 0 Å². The second kappa shape index (κ2) is 16.1. The molecule has 4 amide bonds. The van der Waals surface area contributed by atoms with Crippen LogP contribution in [0.3, 0.4) is 0 Å². The van der Waals surface area contributed by atoms with Crippen molar-refractivity contribution in [2.24, 2.45) is 0 Å². The molecule has 2 aliphatic rings. The van der Waals surface area contributed by atoms with Crippen molar-refractivity contribution in [1.82, 2.24) is 40.4 Å². The highest BCUT2D eigenvalue weighted by Gasteiger charge is 2.44. The molecule has 2 aromatic carbocycles. The van der Waals surface area contributed by atoms with Crippen molar-refractivity contribution >= 4 is 35.0 Å². The van der Waals surface area contributed by atoms with Gasteiger partial charge in [0.25, 0.3) is 0 Å². The number of fused-ring (bicyclic) bond motifs is 1. The second-order valence-electron chi connectivity index (χ2n) is 15.4. The number of amides is 4. The summed E-state index contributed by atoms with van der Waals surface area (Å²) in [6.07, 6.45) is 1.93. The van der Waals surface area contributed by atoms with Gasteiger partial charge in [0.05, 0.1) is 60.4 Å². The molecule has 6 N–H and O–H groups in total. The Morgan fingerprint density at radius 3 is 2.07 bits per heavy atom. The molecule has 16 heteroatoms. The molecular formula is C41H48N8O8. The standard InChI is InChI=1S/C41H48N8O8/c1-23-19-31(49(22-23)37(51)33(41(4,5)55)47-39(53)57-7)34-42-21-29(45-34)26-15-12-24(13-16-26)10-11-25-14-17-27-28(20-25)44-35(43-27)30-9-8-18-48(30)36(50)32(40(2,3)54)46-38(52)56-6/h12-17,20-21,30-33,54-55H,1,8-9,18-19,22H2,2-7H3,(H,42,45)(H,43,44)(H,46,52)(H,47,53)/t30-,31-,32-,33-/m0/s1. The second-order valence-corrected chi connectivity index (χ2v) is 15.4. The topological polar surface area (TPSA) is 215 Å². The zero-order chi connectivity index (χ0) is 41.2. The van der Waals surface area contributed by atoms with Crippen LogP contribution < -0.4 is 10.6 Å². The number of carbonyl (C=O) groups is 4. The molecule has 0 saturated carbocycles. The van der Waals surface area contributed by atoms with Crippen LogP contribution in [0.25, 0.3) is 22.3 Å². The maximum absolute atomic E-state index is 13.6. The van der Waals surface area contributed by atoms with Gasteiger partial charge in [0.15, 0.2) is 0 Å². The highest BCUT2D eigenvalue weighted by molar-refractivity contribution is 5.88. The SMILES string of the molecule is C=C1C[C@@H](c2ncc(-c3ccc(C#Cc4ccc5nc([C@@H]6CCCN6C(=O)[C@H](NC(=O)OC)C(C)(C)O)[nH]c5c4)cc3)[nH]2)N(C(=O)[C@H](NC(=O)OC)C(C)(C)O)C1. The maximum Gasteiger partial charge on any atom is 0.407 e. The fourth-order valence-corrected chi connectivity index (χ4v) is 7.15. The molecule has 0 radical (unpaired) electrons. The third-order valence-electron chi connectivity index (χ3n) is 10.1. The summed E-state index contributed by atoms with van der Waals surface area (Å²) < 4.78 is 9.36. The van der Waals surface area contributed by atoms with E-state index in [4.69, 9.17) is 4.98 Å². The van der Waals surface area contributed by atoms with Crippen LogP contribution in [0.5, 0.6) is 0 Å². The van der Waals surface area contributed by atoms with Crippen molar-refractivity contribution in [3.63, 3.8) is 0 Å². The van der Waals surface area contributed by atoms with Gasteiger partial charge in [-0.3, -0.25) is 9.59 Å². The van der Waals surface area contributed by atoms with E-state index in [-0.39, 0.29) is 12.6 Å². The third kappa shape index (κ3) is 8.95. The van der Waals surface area contributed by atoms with E-state index in [0.717, 1.165) is 39.9 Å². The van der Waals surface area contributed by atoms with Gasteiger partial charge < -0.3 is 50.1 Å². The van der Waals surface area contributed by atoms with Crippen LogP contribution in [0.4, 0.5) is 9.59 Å². The Bertz CT molecular complexity index is 2240. The number of hydrogen-bond donors (Lipinski definition) is 6. The number of aliphatic hydroxyl groups is 2. The fraction of sp³-hybridized carbons (Fsp3) is 0.415. The Kier molecular flexibility index (Phi) is 11.5. The summed E-state index contributed by atoms with van der Waals surface area (Å²) in [6.45, 7) is 10.6. The number of aromatic nitrogens is 4. The predicted molar refractivity (Wildman–Crippen MR) is 209 cm³/mol. The monoisotopic (exact) mass is 780 g/mol. The summed E-state index contributed by atoms with van der Waals surface area (Å²) in [4.78, 5) is 70.4. The molecule has 0 bridgehead atoms. The number of H-pyrrole nitrogens is 2. The molecule has 57 heavy (non-hydrogen) atoms. The Morgan fingerprint density at radius 2 is 1.46 bits per heavy atom. The minimum atomic E-state index is -1.56. The number of methoxy groups -OCH3 is 2.